The van der Waals surface area contributed by atoms with Crippen molar-refractivity contribution in [3.8, 4) is 6.07 Å². The van der Waals surface area contributed by atoms with Gasteiger partial charge in [0.15, 0.2) is 0 Å². The van der Waals surface area contributed by atoms with E-state index in [4.69, 9.17) is 5.26 Å². The molecule has 0 saturated carbocycles. The number of carbonyl (C=O) groups is 1. The van der Waals surface area contributed by atoms with E-state index in [9.17, 15) is 9.18 Å². The number of urea groups is 1. The average Bonchev–Trinajstić information content (AvgIpc) is 2.93. The normalized spacial score (nSPS) is 22.1. The van der Waals surface area contributed by atoms with Crippen LogP contribution >= 0.6 is 0 Å². The Labute approximate surface area is 122 Å². The molecule has 0 aliphatic carbocycles. The molecule has 1 N–H and O–H groups in total. The monoisotopic (exact) mass is 288 g/mol. The molecule has 0 bridgehead atoms. The van der Waals surface area contributed by atoms with Gasteiger partial charge in [-0.15, -0.1) is 0 Å². The van der Waals surface area contributed by atoms with Crippen molar-refractivity contribution in [3.63, 3.8) is 0 Å². The van der Waals surface area contributed by atoms with Gasteiger partial charge in [0, 0.05) is 26.2 Å². The minimum Gasteiger partial charge on any atom is -0.367 e. The summed E-state index contributed by atoms with van der Waals surface area (Å²) in [5.41, 5.74) is 0.835. The number of nitrogens with one attached hydrogen (secondary N) is 1. The number of halogens is 1. The van der Waals surface area contributed by atoms with Crippen molar-refractivity contribution in [3.05, 3.63) is 29.6 Å². The molecule has 21 heavy (non-hydrogen) atoms. The van der Waals surface area contributed by atoms with Gasteiger partial charge in [0.1, 0.15) is 5.82 Å². The van der Waals surface area contributed by atoms with Gasteiger partial charge in [-0.25, -0.2) is 9.18 Å². The Morgan fingerprint density at radius 2 is 2.24 bits per heavy atom. The van der Waals surface area contributed by atoms with Crippen LogP contribution < -0.4 is 10.2 Å². The third-order valence-corrected chi connectivity index (χ3v) is 4.14. The van der Waals surface area contributed by atoms with Crippen LogP contribution in [0.4, 0.5) is 14.9 Å². The number of nitrogens with zero attached hydrogens (tertiary/aromatic N) is 3. The SMILES string of the molecule is N#Cc1ccc(N2CCCC(N3CCNC3=O)C2)c(F)c1. The Bertz CT molecular complexity index is 598. The van der Waals surface area contributed by atoms with E-state index < -0.39 is 0 Å². The van der Waals surface area contributed by atoms with Crippen LogP contribution in [-0.4, -0.2) is 43.2 Å². The summed E-state index contributed by atoms with van der Waals surface area (Å²) in [4.78, 5) is 15.6. The van der Waals surface area contributed by atoms with Crippen LogP contribution in [-0.2, 0) is 0 Å². The Hall–Kier alpha value is -2.29. The molecular weight excluding hydrogens is 271 g/mol. The van der Waals surface area contributed by atoms with E-state index in [0.29, 0.717) is 30.9 Å². The Kier molecular flexibility index (Phi) is 3.65. The van der Waals surface area contributed by atoms with Crippen LogP contribution in [0.3, 0.4) is 0 Å². The van der Waals surface area contributed by atoms with Crippen LogP contribution in [0, 0.1) is 17.1 Å². The third-order valence-electron chi connectivity index (χ3n) is 4.14. The third kappa shape index (κ3) is 2.64. The minimum atomic E-state index is -0.374. The second-order valence-electron chi connectivity index (χ2n) is 5.45. The van der Waals surface area contributed by atoms with E-state index in [1.165, 1.54) is 6.07 Å². The van der Waals surface area contributed by atoms with Crippen molar-refractivity contribution in [2.24, 2.45) is 0 Å². The molecule has 0 radical (unpaired) electrons. The van der Waals surface area contributed by atoms with E-state index >= 15 is 0 Å². The highest BCUT2D eigenvalue weighted by atomic mass is 19.1. The van der Waals surface area contributed by atoms with Crippen molar-refractivity contribution in [2.45, 2.75) is 18.9 Å². The average molecular weight is 288 g/mol. The lowest BCUT2D eigenvalue weighted by Gasteiger charge is -2.38. The van der Waals surface area contributed by atoms with Gasteiger partial charge < -0.3 is 15.1 Å². The van der Waals surface area contributed by atoms with Crippen molar-refractivity contribution < 1.29 is 9.18 Å². The fourth-order valence-electron chi connectivity index (χ4n) is 3.10. The summed E-state index contributed by atoms with van der Waals surface area (Å²) in [7, 11) is 0. The first kappa shape index (κ1) is 13.7. The molecule has 2 amide bonds. The molecule has 1 unspecified atom stereocenters. The molecule has 1 atom stereocenters. The molecule has 2 aliphatic rings. The molecule has 5 nitrogen and oxygen atoms in total. The standard InChI is InChI=1S/C15H17FN4O/c16-13-8-11(9-17)3-4-14(13)19-6-1-2-12(10-19)20-7-5-18-15(20)21/h3-4,8,12H,1-2,5-7,10H2,(H,18,21). The largest absolute Gasteiger partial charge is 0.367 e. The van der Waals surface area contributed by atoms with Crippen LogP contribution in [0.15, 0.2) is 18.2 Å². The molecule has 6 heteroatoms. The maximum atomic E-state index is 14.1. The molecule has 2 fully saturated rings. The van der Waals surface area contributed by atoms with Gasteiger partial charge in [-0.1, -0.05) is 0 Å². The number of hydrogen-bond acceptors (Lipinski definition) is 3. The van der Waals surface area contributed by atoms with Gasteiger partial charge in [0.05, 0.1) is 23.4 Å². The molecule has 2 heterocycles. The fourth-order valence-corrected chi connectivity index (χ4v) is 3.10. The highest BCUT2D eigenvalue weighted by Crippen LogP contribution is 2.26. The van der Waals surface area contributed by atoms with Crippen molar-refractivity contribution in [1.82, 2.24) is 10.2 Å². The van der Waals surface area contributed by atoms with Crippen LogP contribution in [0.1, 0.15) is 18.4 Å². The summed E-state index contributed by atoms with van der Waals surface area (Å²) in [6, 6.07) is 6.58. The zero-order valence-corrected chi connectivity index (χ0v) is 11.7. The fraction of sp³-hybridized carbons (Fsp3) is 0.467. The summed E-state index contributed by atoms with van der Waals surface area (Å²) in [6.07, 6.45) is 1.87. The summed E-state index contributed by atoms with van der Waals surface area (Å²) < 4.78 is 14.1. The smallest absolute Gasteiger partial charge is 0.317 e. The Morgan fingerprint density at radius 1 is 1.38 bits per heavy atom. The van der Waals surface area contributed by atoms with Gasteiger partial charge in [-0.3, -0.25) is 0 Å². The van der Waals surface area contributed by atoms with E-state index in [2.05, 4.69) is 5.32 Å². The minimum absolute atomic E-state index is 0.0258. The predicted molar refractivity (Wildman–Crippen MR) is 76.5 cm³/mol. The topological polar surface area (TPSA) is 59.4 Å². The highest BCUT2D eigenvalue weighted by molar-refractivity contribution is 5.76. The summed E-state index contributed by atoms with van der Waals surface area (Å²) in [5, 5.41) is 11.6. The summed E-state index contributed by atoms with van der Waals surface area (Å²) in [5.74, 6) is -0.374. The van der Waals surface area contributed by atoms with Gasteiger partial charge in [0.25, 0.3) is 0 Å². The first-order valence-corrected chi connectivity index (χ1v) is 7.18. The van der Waals surface area contributed by atoms with E-state index in [-0.39, 0.29) is 17.9 Å². The molecule has 2 aliphatic heterocycles. The number of rotatable bonds is 2. The zero-order chi connectivity index (χ0) is 14.8. The summed E-state index contributed by atoms with van der Waals surface area (Å²) >= 11 is 0. The quantitative estimate of drug-likeness (QED) is 0.901. The predicted octanol–water partition coefficient (Wildman–Crippen LogP) is 1.69. The number of amides is 2. The molecule has 0 spiro atoms. The molecule has 1 aromatic rings. The molecule has 110 valence electrons. The molecule has 1 aromatic carbocycles. The number of carbonyl (C=O) groups excluding carboxylic acids is 1. The maximum Gasteiger partial charge on any atom is 0.317 e. The number of nitriles is 1. The maximum absolute atomic E-state index is 14.1. The van der Waals surface area contributed by atoms with Gasteiger partial charge in [-0.05, 0) is 31.0 Å². The van der Waals surface area contributed by atoms with Crippen LogP contribution in [0.2, 0.25) is 0 Å². The lowest BCUT2D eigenvalue weighted by atomic mass is 10.0. The first-order valence-electron chi connectivity index (χ1n) is 7.18. The van der Waals surface area contributed by atoms with E-state index in [0.717, 1.165) is 19.4 Å². The van der Waals surface area contributed by atoms with Gasteiger partial charge in [-0.2, -0.15) is 5.26 Å². The lowest BCUT2D eigenvalue weighted by molar-refractivity contribution is 0.189. The van der Waals surface area contributed by atoms with E-state index in [1.807, 2.05) is 15.9 Å². The van der Waals surface area contributed by atoms with Crippen molar-refractivity contribution in [1.29, 1.82) is 5.26 Å². The van der Waals surface area contributed by atoms with Crippen molar-refractivity contribution >= 4 is 11.7 Å². The van der Waals surface area contributed by atoms with Gasteiger partial charge >= 0.3 is 6.03 Å². The van der Waals surface area contributed by atoms with Crippen LogP contribution in [0.25, 0.3) is 0 Å². The Morgan fingerprint density at radius 3 is 2.90 bits per heavy atom. The number of anilines is 1. The highest BCUT2D eigenvalue weighted by Gasteiger charge is 2.31. The number of hydrogen-bond donors (Lipinski definition) is 1. The van der Waals surface area contributed by atoms with Crippen molar-refractivity contribution in [2.75, 3.05) is 31.1 Å². The Balaban J connectivity index is 1.77. The second-order valence-corrected chi connectivity index (χ2v) is 5.45. The number of benzene rings is 1. The number of piperidine rings is 1. The molecule has 2 saturated heterocycles. The molecule has 3 rings (SSSR count). The van der Waals surface area contributed by atoms with E-state index in [1.54, 1.807) is 12.1 Å². The molecular formula is C15H17FN4O. The molecule has 0 aromatic heterocycles. The lowest BCUT2D eigenvalue weighted by Crippen LogP contribution is -2.49. The first-order chi connectivity index (χ1) is 10.2. The summed E-state index contributed by atoms with van der Waals surface area (Å²) in [6.45, 7) is 2.80. The zero-order valence-electron chi connectivity index (χ0n) is 11.7. The van der Waals surface area contributed by atoms with Crippen LogP contribution in [0.5, 0.6) is 0 Å². The second kappa shape index (κ2) is 5.60. The van der Waals surface area contributed by atoms with Gasteiger partial charge in [0.2, 0.25) is 0 Å².